The first-order valence-electron chi connectivity index (χ1n) is 12.0. The number of anilines is 1. The standard InChI is InChI=1S/C27H33N3O3S/c1-17-7-6-8-20(11-17)30-10-9-29(16-19(30)3)34(32,33)25-13-22-21(12-18(25)2)26-23(28-22)14-27(4,5)15-24(26)31/h6-8,11-13,19,28H,9-10,14-16H2,1-5H3/t19-/m0/s1. The maximum atomic E-state index is 13.7. The predicted molar refractivity (Wildman–Crippen MR) is 136 cm³/mol. The second kappa shape index (κ2) is 7.95. The quantitative estimate of drug-likeness (QED) is 0.583. The van der Waals surface area contributed by atoms with Crippen molar-refractivity contribution in [2.24, 2.45) is 5.41 Å². The highest BCUT2D eigenvalue weighted by Crippen LogP contribution is 2.39. The number of nitrogens with zero attached hydrogens (tertiary/aromatic N) is 2. The third kappa shape index (κ3) is 3.85. The molecule has 2 heterocycles. The van der Waals surface area contributed by atoms with Crippen LogP contribution in [0.4, 0.5) is 5.69 Å². The molecule has 0 saturated carbocycles. The van der Waals surface area contributed by atoms with E-state index >= 15 is 0 Å². The van der Waals surface area contributed by atoms with Crippen molar-refractivity contribution in [3.05, 3.63) is 58.8 Å². The molecule has 0 bridgehead atoms. The zero-order valence-electron chi connectivity index (χ0n) is 20.6. The number of fused-ring (bicyclic) bond motifs is 3. The molecule has 34 heavy (non-hydrogen) atoms. The van der Waals surface area contributed by atoms with Gasteiger partial charge in [-0.05, 0) is 68.0 Å². The molecule has 3 aromatic rings. The number of hydrogen-bond donors (Lipinski definition) is 1. The second-order valence-corrected chi connectivity index (χ2v) is 12.7. The number of sulfonamides is 1. The lowest BCUT2D eigenvalue weighted by Gasteiger charge is -2.40. The van der Waals surface area contributed by atoms with E-state index < -0.39 is 10.0 Å². The van der Waals surface area contributed by atoms with Crippen LogP contribution in [0.3, 0.4) is 0 Å². The van der Waals surface area contributed by atoms with Gasteiger partial charge in [-0.15, -0.1) is 0 Å². The van der Waals surface area contributed by atoms with Gasteiger partial charge in [-0.3, -0.25) is 4.79 Å². The van der Waals surface area contributed by atoms with Gasteiger partial charge in [-0.1, -0.05) is 26.0 Å². The Morgan fingerprint density at radius 1 is 1.06 bits per heavy atom. The predicted octanol–water partition coefficient (Wildman–Crippen LogP) is 4.84. The summed E-state index contributed by atoms with van der Waals surface area (Å²) in [5.41, 5.74) is 5.30. The number of piperazine rings is 1. The van der Waals surface area contributed by atoms with Crippen molar-refractivity contribution in [2.75, 3.05) is 24.5 Å². The highest BCUT2D eigenvalue weighted by Gasteiger charge is 2.36. The van der Waals surface area contributed by atoms with Crippen molar-refractivity contribution in [2.45, 2.75) is 58.4 Å². The summed E-state index contributed by atoms with van der Waals surface area (Å²) >= 11 is 0. The number of nitrogens with one attached hydrogen (secondary N) is 1. The minimum Gasteiger partial charge on any atom is -0.366 e. The summed E-state index contributed by atoms with van der Waals surface area (Å²) in [5, 5.41) is 0.838. The molecule has 0 spiro atoms. The van der Waals surface area contributed by atoms with Crippen LogP contribution < -0.4 is 4.90 Å². The highest BCUT2D eigenvalue weighted by atomic mass is 32.2. The summed E-state index contributed by atoms with van der Waals surface area (Å²) in [4.78, 5) is 18.8. The normalized spacial score (nSPS) is 21.1. The minimum atomic E-state index is -3.67. The van der Waals surface area contributed by atoms with Crippen LogP contribution in [-0.2, 0) is 16.4 Å². The Hall–Kier alpha value is -2.64. The molecule has 2 aromatic carbocycles. The number of aryl methyl sites for hydroxylation is 2. The molecule has 0 unspecified atom stereocenters. The van der Waals surface area contributed by atoms with Gasteiger partial charge in [-0.2, -0.15) is 4.31 Å². The number of hydrogen-bond acceptors (Lipinski definition) is 4. The number of benzene rings is 2. The topological polar surface area (TPSA) is 73.5 Å². The van der Waals surface area contributed by atoms with Crippen molar-refractivity contribution in [3.63, 3.8) is 0 Å². The summed E-state index contributed by atoms with van der Waals surface area (Å²) in [7, 11) is -3.67. The molecule has 6 nitrogen and oxygen atoms in total. The largest absolute Gasteiger partial charge is 0.366 e. The Bertz CT molecular complexity index is 1400. The molecule has 1 N–H and O–H groups in total. The average molecular weight is 480 g/mol. The van der Waals surface area contributed by atoms with Crippen LogP contribution in [0.2, 0.25) is 0 Å². The average Bonchev–Trinajstić information content (AvgIpc) is 3.08. The van der Waals surface area contributed by atoms with Crippen LogP contribution in [0.25, 0.3) is 10.9 Å². The number of aromatic nitrogens is 1. The molecule has 1 atom stereocenters. The zero-order chi connectivity index (χ0) is 24.4. The van der Waals surface area contributed by atoms with Crippen molar-refractivity contribution in [1.82, 2.24) is 9.29 Å². The lowest BCUT2D eigenvalue weighted by atomic mass is 9.76. The van der Waals surface area contributed by atoms with Crippen LogP contribution >= 0.6 is 0 Å². The van der Waals surface area contributed by atoms with Gasteiger partial charge in [0.05, 0.1) is 4.90 Å². The number of H-pyrrole nitrogens is 1. The van der Waals surface area contributed by atoms with E-state index in [4.69, 9.17) is 0 Å². The van der Waals surface area contributed by atoms with Gasteiger partial charge in [-0.25, -0.2) is 8.42 Å². The third-order valence-corrected chi connectivity index (χ3v) is 9.29. The Morgan fingerprint density at radius 3 is 2.53 bits per heavy atom. The van der Waals surface area contributed by atoms with Gasteiger partial charge in [0, 0.05) is 59.9 Å². The van der Waals surface area contributed by atoms with Gasteiger partial charge < -0.3 is 9.88 Å². The maximum absolute atomic E-state index is 13.7. The van der Waals surface area contributed by atoms with E-state index in [1.807, 2.05) is 19.1 Å². The van der Waals surface area contributed by atoms with Gasteiger partial charge in [0.25, 0.3) is 0 Å². The molecule has 1 aliphatic heterocycles. The fourth-order valence-electron chi connectivity index (χ4n) is 5.65. The number of aromatic amines is 1. The molecule has 1 fully saturated rings. The molecule has 1 aliphatic carbocycles. The summed E-state index contributed by atoms with van der Waals surface area (Å²) < 4.78 is 29.1. The number of ketones is 1. The number of Topliss-reactive ketones (excluding diaryl/α,β-unsaturated/α-hetero) is 1. The highest BCUT2D eigenvalue weighted by molar-refractivity contribution is 7.89. The minimum absolute atomic E-state index is 0.0621. The molecule has 5 rings (SSSR count). The van der Waals surface area contributed by atoms with E-state index in [-0.39, 0.29) is 17.2 Å². The van der Waals surface area contributed by atoms with Crippen LogP contribution in [-0.4, -0.2) is 49.2 Å². The van der Waals surface area contributed by atoms with E-state index in [0.29, 0.717) is 36.5 Å². The van der Waals surface area contributed by atoms with Gasteiger partial charge in [0.15, 0.2) is 5.78 Å². The molecule has 2 aliphatic rings. The van der Waals surface area contributed by atoms with Gasteiger partial charge in [0.2, 0.25) is 10.0 Å². The van der Waals surface area contributed by atoms with Gasteiger partial charge in [0.1, 0.15) is 0 Å². The second-order valence-electron chi connectivity index (χ2n) is 10.8. The maximum Gasteiger partial charge on any atom is 0.243 e. The first kappa shape index (κ1) is 23.1. The molecular formula is C27H33N3O3S. The molecule has 1 aromatic heterocycles. The summed E-state index contributed by atoms with van der Waals surface area (Å²) in [6, 6.07) is 12.0. The smallest absolute Gasteiger partial charge is 0.243 e. The summed E-state index contributed by atoms with van der Waals surface area (Å²) in [6.07, 6.45) is 1.29. The first-order chi connectivity index (χ1) is 16.0. The van der Waals surface area contributed by atoms with E-state index in [1.165, 1.54) is 5.56 Å². The Kier molecular flexibility index (Phi) is 5.41. The van der Waals surface area contributed by atoms with Crippen molar-refractivity contribution >= 4 is 32.4 Å². The lowest BCUT2D eigenvalue weighted by Crippen LogP contribution is -2.53. The van der Waals surface area contributed by atoms with E-state index in [1.54, 1.807) is 10.4 Å². The first-order valence-corrected chi connectivity index (χ1v) is 13.4. The molecule has 0 amide bonds. The number of rotatable bonds is 3. The van der Waals surface area contributed by atoms with Crippen molar-refractivity contribution in [1.29, 1.82) is 0 Å². The van der Waals surface area contributed by atoms with Crippen LogP contribution in [0, 0.1) is 19.3 Å². The lowest BCUT2D eigenvalue weighted by molar-refractivity contribution is 0.0913. The summed E-state index contributed by atoms with van der Waals surface area (Å²) in [6.45, 7) is 11.7. The summed E-state index contributed by atoms with van der Waals surface area (Å²) in [5.74, 6) is 0.133. The van der Waals surface area contributed by atoms with Crippen molar-refractivity contribution in [3.8, 4) is 0 Å². The number of carbonyl (C=O) groups is 1. The van der Waals surface area contributed by atoms with E-state index in [9.17, 15) is 13.2 Å². The fourth-order valence-corrected chi connectivity index (χ4v) is 7.40. The number of carbonyl (C=O) groups excluding carboxylic acids is 1. The van der Waals surface area contributed by atoms with Crippen LogP contribution in [0.15, 0.2) is 41.3 Å². The Labute approximate surface area is 202 Å². The van der Waals surface area contributed by atoms with Crippen LogP contribution in [0.1, 0.15) is 54.4 Å². The molecule has 180 valence electrons. The fraction of sp³-hybridized carbons (Fsp3) is 0.444. The molecule has 1 saturated heterocycles. The zero-order valence-corrected chi connectivity index (χ0v) is 21.4. The molecule has 7 heteroatoms. The van der Waals surface area contributed by atoms with E-state index in [0.717, 1.165) is 34.3 Å². The van der Waals surface area contributed by atoms with E-state index in [2.05, 4.69) is 55.8 Å². The van der Waals surface area contributed by atoms with Gasteiger partial charge >= 0.3 is 0 Å². The molecule has 0 radical (unpaired) electrons. The SMILES string of the molecule is Cc1cccc(N2CCN(S(=O)(=O)c3cc4[nH]c5c(c4cc3C)C(=O)CC(C)(C)C5)C[C@@H]2C)c1. The third-order valence-electron chi connectivity index (χ3n) is 7.29. The van der Waals surface area contributed by atoms with Crippen LogP contribution in [0.5, 0.6) is 0 Å². The van der Waals surface area contributed by atoms with Crippen molar-refractivity contribution < 1.29 is 13.2 Å². The monoisotopic (exact) mass is 479 g/mol. The Balaban J connectivity index is 1.46. The molecular weight excluding hydrogens is 446 g/mol. The Morgan fingerprint density at radius 2 is 1.82 bits per heavy atom.